The molecule has 0 fully saturated rings. The molecule has 0 spiro atoms. The number of hydrogen-bond acceptors (Lipinski definition) is 6. The van der Waals surface area contributed by atoms with Crippen LogP contribution in [0.15, 0.2) is 47.3 Å². The lowest BCUT2D eigenvalue weighted by molar-refractivity contribution is -0.137. The van der Waals surface area contributed by atoms with Crippen LogP contribution in [0.3, 0.4) is 0 Å². The Morgan fingerprint density at radius 2 is 1.95 bits per heavy atom. The SMILES string of the molecule is FC(F)(F)c1cccc(Nc2nnc(-c3cnccn3)o2)c1. The number of rotatable bonds is 3. The number of aromatic nitrogens is 4. The Bertz CT molecular complexity index is 773. The van der Waals surface area contributed by atoms with Crippen LogP contribution in [0.1, 0.15) is 5.56 Å². The summed E-state index contributed by atoms with van der Waals surface area (Å²) in [5, 5.41) is 10.1. The quantitative estimate of drug-likeness (QED) is 0.800. The molecular formula is C13H8F3N5O. The average Bonchev–Trinajstić information content (AvgIpc) is 2.96. The maximum absolute atomic E-state index is 12.6. The lowest BCUT2D eigenvalue weighted by Gasteiger charge is -2.08. The zero-order valence-corrected chi connectivity index (χ0v) is 10.9. The first-order valence-corrected chi connectivity index (χ1v) is 6.06. The monoisotopic (exact) mass is 307 g/mol. The molecule has 0 unspecified atom stereocenters. The van der Waals surface area contributed by atoms with Gasteiger partial charge in [-0.1, -0.05) is 11.2 Å². The van der Waals surface area contributed by atoms with Crippen molar-refractivity contribution < 1.29 is 17.6 Å². The van der Waals surface area contributed by atoms with E-state index >= 15 is 0 Å². The molecule has 0 amide bonds. The van der Waals surface area contributed by atoms with E-state index in [-0.39, 0.29) is 17.6 Å². The molecule has 2 heterocycles. The second-order valence-electron chi connectivity index (χ2n) is 4.21. The Morgan fingerprint density at radius 1 is 1.09 bits per heavy atom. The van der Waals surface area contributed by atoms with Gasteiger partial charge in [0, 0.05) is 18.1 Å². The Morgan fingerprint density at radius 3 is 2.68 bits per heavy atom. The first kappa shape index (κ1) is 14.0. The van der Waals surface area contributed by atoms with Crippen molar-refractivity contribution >= 4 is 11.7 Å². The minimum Gasteiger partial charge on any atom is -0.401 e. The minimum absolute atomic E-state index is 0.0417. The predicted octanol–water partition coefficient (Wildman–Crippen LogP) is 3.29. The van der Waals surface area contributed by atoms with E-state index in [1.54, 1.807) is 0 Å². The number of nitrogens with zero attached hydrogens (tertiary/aromatic N) is 4. The molecule has 22 heavy (non-hydrogen) atoms. The first-order valence-electron chi connectivity index (χ1n) is 6.06. The molecule has 112 valence electrons. The van der Waals surface area contributed by atoms with E-state index in [1.165, 1.54) is 30.7 Å². The molecule has 2 aromatic heterocycles. The maximum Gasteiger partial charge on any atom is 0.416 e. The zero-order chi connectivity index (χ0) is 15.6. The van der Waals surface area contributed by atoms with Crippen LogP contribution >= 0.6 is 0 Å². The van der Waals surface area contributed by atoms with E-state index in [1.807, 2.05) is 0 Å². The smallest absolute Gasteiger partial charge is 0.401 e. The molecule has 0 bridgehead atoms. The normalized spacial score (nSPS) is 11.4. The summed E-state index contributed by atoms with van der Waals surface area (Å²) in [7, 11) is 0. The van der Waals surface area contributed by atoms with Gasteiger partial charge in [-0.25, -0.2) is 4.98 Å². The summed E-state index contributed by atoms with van der Waals surface area (Å²) in [5.74, 6) is 0.113. The second kappa shape index (κ2) is 5.43. The number of halogens is 3. The molecular weight excluding hydrogens is 299 g/mol. The van der Waals surface area contributed by atoms with Crippen LogP contribution in [-0.4, -0.2) is 20.2 Å². The highest BCUT2D eigenvalue weighted by atomic mass is 19.4. The van der Waals surface area contributed by atoms with Gasteiger partial charge in [0.1, 0.15) is 5.69 Å². The number of anilines is 2. The van der Waals surface area contributed by atoms with Gasteiger partial charge in [-0.2, -0.15) is 13.2 Å². The van der Waals surface area contributed by atoms with Crippen molar-refractivity contribution in [1.29, 1.82) is 0 Å². The van der Waals surface area contributed by atoms with Crippen LogP contribution in [-0.2, 0) is 6.18 Å². The van der Waals surface area contributed by atoms with Crippen molar-refractivity contribution in [3.8, 4) is 11.6 Å². The van der Waals surface area contributed by atoms with Crippen molar-refractivity contribution in [2.75, 3.05) is 5.32 Å². The fourth-order valence-corrected chi connectivity index (χ4v) is 1.68. The largest absolute Gasteiger partial charge is 0.416 e. The van der Waals surface area contributed by atoms with E-state index < -0.39 is 11.7 Å². The van der Waals surface area contributed by atoms with Gasteiger partial charge in [0.2, 0.25) is 0 Å². The Kier molecular flexibility index (Phi) is 3.45. The molecule has 9 heteroatoms. The molecule has 0 aliphatic rings. The Labute approximate surface area is 122 Å². The van der Waals surface area contributed by atoms with Gasteiger partial charge in [-0.15, -0.1) is 5.10 Å². The molecule has 6 nitrogen and oxygen atoms in total. The average molecular weight is 307 g/mol. The van der Waals surface area contributed by atoms with E-state index in [0.717, 1.165) is 12.1 Å². The molecule has 0 saturated carbocycles. The summed E-state index contributed by atoms with van der Waals surface area (Å²) < 4.78 is 43.2. The third-order valence-corrected chi connectivity index (χ3v) is 2.65. The van der Waals surface area contributed by atoms with Gasteiger partial charge in [0.15, 0.2) is 0 Å². The molecule has 3 aromatic rings. The van der Waals surface area contributed by atoms with Crippen LogP contribution in [0.4, 0.5) is 24.9 Å². The van der Waals surface area contributed by atoms with Crippen molar-refractivity contribution in [2.24, 2.45) is 0 Å². The van der Waals surface area contributed by atoms with Crippen molar-refractivity contribution in [3.05, 3.63) is 48.4 Å². The van der Waals surface area contributed by atoms with Gasteiger partial charge in [-0.3, -0.25) is 4.98 Å². The van der Waals surface area contributed by atoms with E-state index in [4.69, 9.17) is 4.42 Å². The van der Waals surface area contributed by atoms with Crippen molar-refractivity contribution in [3.63, 3.8) is 0 Å². The second-order valence-corrected chi connectivity index (χ2v) is 4.21. The first-order chi connectivity index (χ1) is 10.5. The van der Waals surface area contributed by atoms with Crippen LogP contribution in [0, 0.1) is 0 Å². The number of alkyl halides is 3. The summed E-state index contributed by atoms with van der Waals surface area (Å²) in [6, 6.07) is 4.63. The van der Waals surface area contributed by atoms with E-state index in [9.17, 15) is 13.2 Å². The minimum atomic E-state index is -4.42. The number of nitrogens with one attached hydrogen (secondary N) is 1. The highest BCUT2D eigenvalue weighted by Gasteiger charge is 2.30. The number of hydrogen-bond donors (Lipinski definition) is 1. The predicted molar refractivity (Wildman–Crippen MR) is 70.1 cm³/mol. The zero-order valence-electron chi connectivity index (χ0n) is 10.9. The van der Waals surface area contributed by atoms with Gasteiger partial charge in [0.25, 0.3) is 5.89 Å². The van der Waals surface area contributed by atoms with Crippen LogP contribution < -0.4 is 5.32 Å². The molecule has 1 N–H and O–H groups in total. The molecule has 3 rings (SSSR count). The number of benzene rings is 1. The molecule has 0 saturated heterocycles. The standard InChI is InChI=1S/C13H8F3N5O/c14-13(15,16)8-2-1-3-9(6-8)19-12-21-20-11(22-12)10-7-17-4-5-18-10/h1-7H,(H,19,21). The van der Waals surface area contributed by atoms with Crippen LogP contribution in [0.2, 0.25) is 0 Å². The van der Waals surface area contributed by atoms with Gasteiger partial charge < -0.3 is 9.73 Å². The van der Waals surface area contributed by atoms with E-state index in [0.29, 0.717) is 5.69 Å². The van der Waals surface area contributed by atoms with Crippen LogP contribution in [0.5, 0.6) is 0 Å². The summed E-state index contributed by atoms with van der Waals surface area (Å²) in [6.07, 6.45) is -0.0417. The van der Waals surface area contributed by atoms with Gasteiger partial charge in [-0.05, 0) is 18.2 Å². The highest BCUT2D eigenvalue weighted by Crippen LogP contribution is 2.31. The third kappa shape index (κ3) is 3.03. The maximum atomic E-state index is 12.6. The van der Waals surface area contributed by atoms with Gasteiger partial charge in [0.05, 0.1) is 11.8 Å². The lowest BCUT2D eigenvalue weighted by atomic mass is 10.2. The molecule has 0 radical (unpaired) electrons. The molecule has 0 aliphatic heterocycles. The molecule has 1 aromatic carbocycles. The summed E-state index contributed by atoms with van der Waals surface area (Å²) in [6.45, 7) is 0. The van der Waals surface area contributed by atoms with E-state index in [2.05, 4.69) is 25.5 Å². The van der Waals surface area contributed by atoms with Gasteiger partial charge >= 0.3 is 12.2 Å². The summed E-state index contributed by atoms with van der Waals surface area (Å²) in [5.41, 5.74) is -0.220. The fourth-order valence-electron chi connectivity index (χ4n) is 1.68. The Balaban J connectivity index is 1.81. The fraction of sp³-hybridized carbons (Fsp3) is 0.0769. The molecule has 0 atom stereocenters. The Hall–Kier alpha value is -2.97. The van der Waals surface area contributed by atoms with Crippen molar-refractivity contribution in [2.45, 2.75) is 6.18 Å². The van der Waals surface area contributed by atoms with Crippen molar-refractivity contribution in [1.82, 2.24) is 20.2 Å². The van der Waals surface area contributed by atoms with Crippen LogP contribution in [0.25, 0.3) is 11.6 Å². The third-order valence-electron chi connectivity index (χ3n) is 2.65. The molecule has 0 aliphatic carbocycles. The highest BCUT2D eigenvalue weighted by molar-refractivity contribution is 5.55. The lowest BCUT2D eigenvalue weighted by Crippen LogP contribution is -2.05. The summed E-state index contributed by atoms with van der Waals surface area (Å²) in [4.78, 5) is 7.84. The topological polar surface area (TPSA) is 76.7 Å². The summed E-state index contributed by atoms with van der Waals surface area (Å²) >= 11 is 0.